The quantitative estimate of drug-likeness (QED) is 0.485. The van der Waals surface area contributed by atoms with Gasteiger partial charge in [0.1, 0.15) is 5.82 Å². The van der Waals surface area contributed by atoms with Gasteiger partial charge in [-0.1, -0.05) is 25.5 Å². The maximum atomic E-state index is 13.5. The van der Waals surface area contributed by atoms with E-state index in [1.807, 2.05) is 18.2 Å². The molecule has 0 fully saturated rings. The Morgan fingerprint density at radius 1 is 1.15 bits per heavy atom. The van der Waals surface area contributed by atoms with E-state index in [9.17, 15) is 9.18 Å². The third-order valence-electron chi connectivity index (χ3n) is 4.55. The number of benzene rings is 2. The third kappa shape index (κ3) is 2.94. The molecule has 0 spiro atoms. The molecule has 2 aromatic heterocycles. The molecule has 0 unspecified atom stereocenters. The average molecular weight is 350 g/mol. The molecule has 2 heterocycles. The first-order valence-electron chi connectivity index (χ1n) is 8.70. The molecule has 5 nitrogen and oxygen atoms in total. The predicted octanol–water partition coefficient (Wildman–Crippen LogP) is 4.78. The molecule has 4 aromatic rings. The van der Waals surface area contributed by atoms with Gasteiger partial charge < -0.3 is 10.3 Å². The van der Waals surface area contributed by atoms with Gasteiger partial charge in [0.05, 0.1) is 11.2 Å². The number of carbonyl (C=O) groups is 1. The molecule has 0 saturated carbocycles. The lowest BCUT2D eigenvalue weighted by atomic mass is 10.1. The average Bonchev–Trinajstić information content (AvgIpc) is 3.23. The number of hydrogen-bond donors (Lipinski definition) is 3. The number of aromatic nitrogens is 3. The Labute approximate surface area is 149 Å². The second kappa shape index (κ2) is 6.63. The summed E-state index contributed by atoms with van der Waals surface area (Å²) in [6.45, 7) is 2.16. The van der Waals surface area contributed by atoms with Crippen LogP contribution in [0, 0.1) is 5.82 Å². The molecular formula is C20H19FN4O. The molecule has 0 radical (unpaired) electrons. The molecule has 0 saturated heterocycles. The fourth-order valence-electron chi connectivity index (χ4n) is 3.15. The van der Waals surface area contributed by atoms with Crippen molar-refractivity contribution in [2.45, 2.75) is 26.2 Å². The highest BCUT2D eigenvalue weighted by Crippen LogP contribution is 2.25. The zero-order valence-corrected chi connectivity index (χ0v) is 14.4. The molecule has 0 bridgehead atoms. The number of aromatic amines is 2. The minimum absolute atomic E-state index is 0.327. The number of nitrogens with one attached hydrogen (secondary N) is 3. The van der Waals surface area contributed by atoms with Crippen molar-refractivity contribution >= 4 is 33.4 Å². The van der Waals surface area contributed by atoms with Gasteiger partial charge in [0.2, 0.25) is 0 Å². The summed E-state index contributed by atoms with van der Waals surface area (Å²) < 4.78 is 13.5. The molecule has 132 valence electrons. The number of nitrogens with zero attached hydrogens (tertiary/aromatic N) is 1. The fourth-order valence-corrected chi connectivity index (χ4v) is 3.15. The van der Waals surface area contributed by atoms with Crippen LogP contribution in [-0.4, -0.2) is 21.1 Å². The van der Waals surface area contributed by atoms with Crippen LogP contribution >= 0.6 is 0 Å². The fraction of sp³-hybridized carbons (Fsp3) is 0.200. The molecule has 3 N–H and O–H groups in total. The van der Waals surface area contributed by atoms with Crippen LogP contribution in [-0.2, 0) is 6.42 Å². The highest BCUT2D eigenvalue weighted by Gasteiger charge is 2.16. The Bertz CT molecular complexity index is 1100. The lowest BCUT2D eigenvalue weighted by molar-refractivity contribution is 0.102. The van der Waals surface area contributed by atoms with Crippen LogP contribution in [0.1, 0.15) is 35.8 Å². The zero-order valence-electron chi connectivity index (χ0n) is 14.4. The number of halogens is 1. The second-order valence-corrected chi connectivity index (χ2v) is 6.40. The van der Waals surface area contributed by atoms with Crippen LogP contribution in [0.4, 0.5) is 10.1 Å². The topological polar surface area (TPSA) is 73.6 Å². The van der Waals surface area contributed by atoms with E-state index in [0.717, 1.165) is 35.7 Å². The van der Waals surface area contributed by atoms with E-state index in [1.165, 1.54) is 17.7 Å². The SMILES string of the molecule is CCCCc1ccc2c(C(=O)Nc3c[nH]c4ccc(F)cc34)n[nH]c2c1. The van der Waals surface area contributed by atoms with E-state index in [1.54, 1.807) is 12.3 Å². The van der Waals surface area contributed by atoms with Gasteiger partial charge in [0.15, 0.2) is 5.69 Å². The largest absolute Gasteiger partial charge is 0.359 e. The van der Waals surface area contributed by atoms with Crippen LogP contribution < -0.4 is 5.32 Å². The Hall–Kier alpha value is -3.15. The van der Waals surface area contributed by atoms with Gasteiger partial charge in [-0.15, -0.1) is 0 Å². The van der Waals surface area contributed by atoms with Gasteiger partial charge in [0.25, 0.3) is 5.91 Å². The van der Waals surface area contributed by atoms with Crippen LogP contribution in [0.15, 0.2) is 42.6 Å². The van der Waals surface area contributed by atoms with Crippen molar-refractivity contribution in [1.82, 2.24) is 15.2 Å². The van der Waals surface area contributed by atoms with Crippen molar-refractivity contribution < 1.29 is 9.18 Å². The van der Waals surface area contributed by atoms with Gasteiger partial charge in [-0.05, 0) is 42.7 Å². The number of aryl methyl sites for hydroxylation is 1. The molecule has 1 amide bonds. The van der Waals surface area contributed by atoms with E-state index in [-0.39, 0.29) is 11.7 Å². The first kappa shape index (κ1) is 16.3. The number of unbranched alkanes of at least 4 members (excludes halogenated alkanes) is 1. The first-order chi connectivity index (χ1) is 12.7. The van der Waals surface area contributed by atoms with Gasteiger partial charge in [0, 0.05) is 22.5 Å². The van der Waals surface area contributed by atoms with Crippen molar-refractivity contribution in [2.24, 2.45) is 0 Å². The summed E-state index contributed by atoms with van der Waals surface area (Å²) in [7, 11) is 0. The smallest absolute Gasteiger partial charge is 0.276 e. The normalized spacial score (nSPS) is 11.3. The predicted molar refractivity (Wildman–Crippen MR) is 101 cm³/mol. The maximum absolute atomic E-state index is 13.5. The first-order valence-corrected chi connectivity index (χ1v) is 8.70. The summed E-state index contributed by atoms with van der Waals surface area (Å²) in [5, 5.41) is 11.3. The highest BCUT2D eigenvalue weighted by molar-refractivity contribution is 6.13. The molecule has 0 aliphatic heterocycles. The van der Waals surface area contributed by atoms with Crippen LogP contribution in [0.3, 0.4) is 0 Å². The van der Waals surface area contributed by atoms with Crippen LogP contribution in [0.2, 0.25) is 0 Å². The van der Waals surface area contributed by atoms with Crippen LogP contribution in [0.5, 0.6) is 0 Å². The molecule has 6 heteroatoms. The van der Waals surface area contributed by atoms with Gasteiger partial charge >= 0.3 is 0 Å². The molecule has 0 aliphatic rings. The molecular weight excluding hydrogens is 331 g/mol. The van der Waals surface area contributed by atoms with Crippen molar-refractivity contribution in [1.29, 1.82) is 0 Å². The Balaban J connectivity index is 1.62. The summed E-state index contributed by atoms with van der Waals surface area (Å²) in [4.78, 5) is 15.7. The minimum atomic E-state index is -0.350. The van der Waals surface area contributed by atoms with Gasteiger partial charge in [-0.3, -0.25) is 9.89 Å². The number of hydrogen-bond acceptors (Lipinski definition) is 2. The number of fused-ring (bicyclic) bond motifs is 2. The number of H-pyrrole nitrogens is 2. The second-order valence-electron chi connectivity index (χ2n) is 6.40. The Morgan fingerprint density at radius 2 is 2.04 bits per heavy atom. The minimum Gasteiger partial charge on any atom is -0.359 e. The Morgan fingerprint density at radius 3 is 2.88 bits per heavy atom. The zero-order chi connectivity index (χ0) is 18.1. The van der Waals surface area contributed by atoms with Crippen molar-refractivity contribution in [2.75, 3.05) is 5.32 Å². The summed E-state index contributed by atoms with van der Waals surface area (Å²) >= 11 is 0. The Kier molecular flexibility index (Phi) is 4.16. The van der Waals surface area contributed by atoms with Crippen LogP contribution in [0.25, 0.3) is 21.8 Å². The summed E-state index contributed by atoms with van der Waals surface area (Å²) in [6, 6.07) is 10.4. The third-order valence-corrected chi connectivity index (χ3v) is 4.55. The number of carbonyl (C=O) groups excluding carboxylic acids is 1. The highest BCUT2D eigenvalue weighted by atomic mass is 19.1. The van der Waals surface area contributed by atoms with E-state index in [0.29, 0.717) is 16.8 Å². The molecule has 0 aliphatic carbocycles. The molecule has 2 aromatic carbocycles. The summed E-state index contributed by atoms with van der Waals surface area (Å²) in [5.41, 5.74) is 3.68. The van der Waals surface area contributed by atoms with E-state index >= 15 is 0 Å². The molecule has 26 heavy (non-hydrogen) atoms. The lowest BCUT2D eigenvalue weighted by Crippen LogP contribution is -2.12. The number of amides is 1. The molecule has 0 atom stereocenters. The number of anilines is 1. The van der Waals surface area contributed by atoms with E-state index in [4.69, 9.17) is 0 Å². The summed E-state index contributed by atoms with van der Waals surface area (Å²) in [6.07, 6.45) is 4.93. The van der Waals surface area contributed by atoms with Gasteiger partial charge in [-0.2, -0.15) is 5.10 Å². The number of rotatable bonds is 5. The van der Waals surface area contributed by atoms with E-state index in [2.05, 4.69) is 27.4 Å². The summed E-state index contributed by atoms with van der Waals surface area (Å²) in [5.74, 6) is -0.680. The van der Waals surface area contributed by atoms with E-state index < -0.39 is 0 Å². The monoisotopic (exact) mass is 350 g/mol. The van der Waals surface area contributed by atoms with Crippen molar-refractivity contribution in [3.8, 4) is 0 Å². The van der Waals surface area contributed by atoms with Gasteiger partial charge in [-0.25, -0.2) is 4.39 Å². The molecule has 4 rings (SSSR count). The standard InChI is InChI=1S/C20H19FN4O/c1-2-3-4-12-5-7-14-17(9-12)24-25-19(14)20(26)23-18-11-22-16-8-6-13(21)10-15(16)18/h5-11,22H,2-4H2,1H3,(H,23,26)(H,24,25). The van der Waals surface area contributed by atoms with Crippen molar-refractivity contribution in [3.05, 3.63) is 59.7 Å². The maximum Gasteiger partial charge on any atom is 0.276 e. The lowest BCUT2D eigenvalue weighted by Gasteiger charge is -2.03. The van der Waals surface area contributed by atoms with Crippen molar-refractivity contribution in [3.63, 3.8) is 0 Å².